The average Bonchev–Trinajstić information content (AvgIpc) is 2.46. The molecule has 0 atom stereocenters. The van der Waals surface area contributed by atoms with Gasteiger partial charge >= 0.3 is 0 Å². The number of nitrogens with zero attached hydrogens (tertiary/aromatic N) is 2. The van der Waals surface area contributed by atoms with Gasteiger partial charge in [0.05, 0.1) is 0 Å². The van der Waals surface area contributed by atoms with Crippen molar-refractivity contribution in [2.24, 2.45) is 16.8 Å². The summed E-state index contributed by atoms with van der Waals surface area (Å²) < 4.78 is 0. The Hall–Kier alpha value is -1.26. The molecule has 1 saturated heterocycles. The first kappa shape index (κ1) is 15.8. The molecule has 0 aromatic rings. The summed E-state index contributed by atoms with van der Waals surface area (Å²) >= 11 is 0. The van der Waals surface area contributed by atoms with Gasteiger partial charge in [-0.2, -0.15) is 0 Å². The van der Waals surface area contributed by atoms with E-state index in [1.165, 1.54) is 19.3 Å². The minimum atomic E-state index is 0.124. The van der Waals surface area contributed by atoms with E-state index in [-0.39, 0.29) is 11.8 Å². The zero-order valence-electron chi connectivity index (χ0n) is 12.0. The van der Waals surface area contributed by atoms with Crippen molar-refractivity contribution in [1.29, 1.82) is 0 Å². The SMILES string of the molecule is CCCCCCCC(=O)N1CCC(C(N)=NO)CC1. The first-order chi connectivity index (χ1) is 9.19. The molecule has 0 unspecified atom stereocenters. The second-order valence-electron chi connectivity index (χ2n) is 5.34. The molecule has 1 fully saturated rings. The molecular formula is C14H27N3O2. The highest BCUT2D eigenvalue weighted by molar-refractivity contribution is 5.83. The van der Waals surface area contributed by atoms with Crippen molar-refractivity contribution >= 4 is 11.7 Å². The van der Waals surface area contributed by atoms with Gasteiger partial charge in [0.2, 0.25) is 5.91 Å². The van der Waals surface area contributed by atoms with E-state index in [0.717, 1.165) is 38.8 Å². The van der Waals surface area contributed by atoms with Crippen LogP contribution >= 0.6 is 0 Å². The zero-order valence-corrected chi connectivity index (χ0v) is 12.0. The first-order valence-electron chi connectivity index (χ1n) is 7.44. The minimum Gasteiger partial charge on any atom is -0.409 e. The number of piperidine rings is 1. The van der Waals surface area contributed by atoms with E-state index >= 15 is 0 Å². The quantitative estimate of drug-likeness (QED) is 0.245. The van der Waals surface area contributed by atoms with Crippen LogP contribution in [0.4, 0.5) is 0 Å². The smallest absolute Gasteiger partial charge is 0.222 e. The van der Waals surface area contributed by atoms with E-state index in [0.29, 0.717) is 12.3 Å². The van der Waals surface area contributed by atoms with Crippen LogP contribution in [0.15, 0.2) is 5.16 Å². The maximum absolute atomic E-state index is 12.0. The lowest BCUT2D eigenvalue weighted by Crippen LogP contribution is -2.41. The van der Waals surface area contributed by atoms with Crippen LogP contribution in [0.5, 0.6) is 0 Å². The van der Waals surface area contributed by atoms with Crippen LogP contribution in [0.1, 0.15) is 58.3 Å². The number of amidine groups is 1. The molecule has 1 amide bonds. The first-order valence-corrected chi connectivity index (χ1v) is 7.44. The maximum atomic E-state index is 12.0. The third-order valence-corrected chi connectivity index (χ3v) is 3.88. The van der Waals surface area contributed by atoms with Gasteiger partial charge in [-0.15, -0.1) is 0 Å². The highest BCUT2D eigenvalue weighted by Gasteiger charge is 2.24. The largest absolute Gasteiger partial charge is 0.409 e. The number of carbonyl (C=O) groups excluding carboxylic acids is 1. The van der Waals surface area contributed by atoms with Gasteiger partial charge in [0.25, 0.3) is 0 Å². The van der Waals surface area contributed by atoms with Crippen molar-refractivity contribution in [3.05, 3.63) is 0 Å². The van der Waals surface area contributed by atoms with Crippen molar-refractivity contribution in [3.8, 4) is 0 Å². The van der Waals surface area contributed by atoms with Crippen LogP contribution in [0, 0.1) is 5.92 Å². The van der Waals surface area contributed by atoms with Gasteiger partial charge in [-0.25, -0.2) is 0 Å². The highest BCUT2D eigenvalue weighted by atomic mass is 16.4. The Balaban J connectivity index is 2.18. The molecule has 3 N–H and O–H groups in total. The number of hydrogen-bond acceptors (Lipinski definition) is 3. The number of oxime groups is 1. The molecule has 0 aromatic carbocycles. The predicted octanol–water partition coefficient (Wildman–Crippen LogP) is 2.33. The summed E-state index contributed by atoms with van der Waals surface area (Å²) in [7, 11) is 0. The van der Waals surface area contributed by atoms with E-state index in [4.69, 9.17) is 10.9 Å². The Morgan fingerprint density at radius 2 is 1.89 bits per heavy atom. The summed E-state index contributed by atoms with van der Waals surface area (Å²) in [5, 5.41) is 11.7. The summed E-state index contributed by atoms with van der Waals surface area (Å²) in [4.78, 5) is 13.9. The summed E-state index contributed by atoms with van der Waals surface area (Å²) in [5.41, 5.74) is 5.59. The van der Waals surface area contributed by atoms with Crippen LogP contribution in [-0.4, -0.2) is 34.9 Å². The molecular weight excluding hydrogens is 242 g/mol. The topological polar surface area (TPSA) is 78.9 Å². The number of hydrogen-bond donors (Lipinski definition) is 2. The van der Waals surface area contributed by atoms with Crippen molar-refractivity contribution in [1.82, 2.24) is 4.90 Å². The molecule has 0 aliphatic carbocycles. The number of unbranched alkanes of at least 4 members (excludes halogenated alkanes) is 4. The van der Waals surface area contributed by atoms with Gasteiger partial charge in [-0.05, 0) is 19.3 Å². The van der Waals surface area contributed by atoms with E-state index < -0.39 is 0 Å². The molecule has 5 nitrogen and oxygen atoms in total. The van der Waals surface area contributed by atoms with Gasteiger partial charge in [0, 0.05) is 25.4 Å². The molecule has 1 rings (SSSR count). The molecule has 1 heterocycles. The second-order valence-corrected chi connectivity index (χ2v) is 5.34. The van der Waals surface area contributed by atoms with Crippen LogP contribution < -0.4 is 5.73 Å². The molecule has 1 aliphatic rings. The Morgan fingerprint density at radius 3 is 2.47 bits per heavy atom. The van der Waals surface area contributed by atoms with E-state index in [2.05, 4.69) is 12.1 Å². The van der Waals surface area contributed by atoms with Gasteiger partial charge in [0.15, 0.2) is 0 Å². The maximum Gasteiger partial charge on any atom is 0.222 e. The third-order valence-electron chi connectivity index (χ3n) is 3.88. The molecule has 1 aliphatic heterocycles. The Kier molecular flexibility index (Phi) is 7.30. The lowest BCUT2D eigenvalue weighted by atomic mass is 9.95. The number of carbonyl (C=O) groups is 1. The number of likely N-dealkylation sites (tertiary alicyclic amines) is 1. The molecule has 0 bridgehead atoms. The number of amides is 1. The lowest BCUT2D eigenvalue weighted by molar-refractivity contribution is -0.132. The fourth-order valence-corrected chi connectivity index (χ4v) is 2.54. The molecule has 19 heavy (non-hydrogen) atoms. The molecule has 0 spiro atoms. The monoisotopic (exact) mass is 269 g/mol. The van der Waals surface area contributed by atoms with Crippen molar-refractivity contribution < 1.29 is 10.0 Å². The number of rotatable bonds is 7. The van der Waals surface area contributed by atoms with E-state index in [1.807, 2.05) is 4.90 Å². The minimum absolute atomic E-state index is 0.124. The van der Waals surface area contributed by atoms with Crippen LogP contribution in [-0.2, 0) is 4.79 Å². The van der Waals surface area contributed by atoms with Gasteiger partial charge in [0.1, 0.15) is 5.84 Å². The lowest BCUT2D eigenvalue weighted by Gasteiger charge is -2.31. The third kappa shape index (κ3) is 5.49. The fourth-order valence-electron chi connectivity index (χ4n) is 2.54. The van der Waals surface area contributed by atoms with Crippen molar-refractivity contribution in [2.45, 2.75) is 58.3 Å². The molecule has 0 aromatic heterocycles. The van der Waals surface area contributed by atoms with Gasteiger partial charge < -0.3 is 15.8 Å². The normalized spacial score (nSPS) is 17.7. The van der Waals surface area contributed by atoms with Gasteiger partial charge in [-0.3, -0.25) is 4.79 Å². The van der Waals surface area contributed by atoms with Crippen LogP contribution in [0.3, 0.4) is 0 Å². The average molecular weight is 269 g/mol. The summed E-state index contributed by atoms with van der Waals surface area (Å²) in [6.45, 7) is 3.65. The second kappa shape index (κ2) is 8.77. The Bertz CT molecular complexity index is 297. The fraction of sp³-hybridized carbons (Fsp3) is 0.857. The Labute approximate surface area is 115 Å². The van der Waals surface area contributed by atoms with E-state index in [9.17, 15) is 4.79 Å². The highest BCUT2D eigenvalue weighted by Crippen LogP contribution is 2.18. The predicted molar refractivity (Wildman–Crippen MR) is 76.1 cm³/mol. The molecule has 110 valence electrons. The van der Waals surface area contributed by atoms with Crippen LogP contribution in [0.2, 0.25) is 0 Å². The van der Waals surface area contributed by atoms with Crippen molar-refractivity contribution in [3.63, 3.8) is 0 Å². The summed E-state index contributed by atoms with van der Waals surface area (Å²) in [6.07, 6.45) is 8.15. The Morgan fingerprint density at radius 1 is 1.26 bits per heavy atom. The standard InChI is InChI=1S/C14H27N3O2/c1-2-3-4-5-6-7-13(18)17-10-8-12(9-11-17)14(15)16-19/h12,19H,2-11H2,1H3,(H2,15,16). The van der Waals surface area contributed by atoms with Crippen LogP contribution in [0.25, 0.3) is 0 Å². The number of nitrogens with two attached hydrogens (primary N) is 1. The van der Waals surface area contributed by atoms with Crippen molar-refractivity contribution in [2.75, 3.05) is 13.1 Å². The zero-order chi connectivity index (χ0) is 14.1. The molecule has 5 heteroatoms. The summed E-state index contributed by atoms with van der Waals surface area (Å²) in [5.74, 6) is 0.680. The van der Waals surface area contributed by atoms with E-state index in [1.54, 1.807) is 0 Å². The summed E-state index contributed by atoms with van der Waals surface area (Å²) in [6, 6.07) is 0. The molecule has 0 saturated carbocycles. The van der Waals surface area contributed by atoms with Gasteiger partial charge in [-0.1, -0.05) is 37.8 Å². The molecule has 0 radical (unpaired) electrons.